The van der Waals surface area contributed by atoms with E-state index in [1.807, 2.05) is 0 Å². The van der Waals surface area contributed by atoms with Crippen molar-refractivity contribution in [2.24, 2.45) is 0 Å². The van der Waals surface area contributed by atoms with Gasteiger partial charge < -0.3 is 4.43 Å². The first-order chi connectivity index (χ1) is 16.5. The van der Waals surface area contributed by atoms with E-state index in [-0.39, 0.29) is 17.2 Å². The summed E-state index contributed by atoms with van der Waals surface area (Å²) >= 11 is 0. The molecule has 0 amide bonds. The minimum Gasteiger partial charge on any atom is -0.403 e. The Morgan fingerprint density at radius 3 is 1.94 bits per heavy atom. The van der Waals surface area contributed by atoms with Crippen LogP contribution in [0.25, 0.3) is 0 Å². The lowest BCUT2D eigenvalue weighted by Gasteiger charge is -2.46. The van der Waals surface area contributed by atoms with Crippen LogP contribution >= 0.6 is 0 Å². The summed E-state index contributed by atoms with van der Waals surface area (Å²) in [5.74, 6) is 0. The number of hydrogen-bond donors (Lipinski definition) is 0. The molecule has 3 aromatic rings. The van der Waals surface area contributed by atoms with Crippen LogP contribution in [0.15, 0.2) is 91.0 Å². The summed E-state index contributed by atoms with van der Waals surface area (Å²) in [6, 6.07) is 33.0. The molecule has 3 nitrogen and oxygen atoms in total. The largest absolute Gasteiger partial charge is 0.403 e. The van der Waals surface area contributed by atoms with Gasteiger partial charge in [-0.1, -0.05) is 112 Å². The molecule has 4 heteroatoms. The molecular weight excluding hydrogens is 434 g/mol. The number of hydrogen-bond acceptors (Lipinski definition) is 3. The fourth-order valence-corrected chi connectivity index (χ4v) is 10.7. The smallest absolute Gasteiger partial charge is 0.261 e. The van der Waals surface area contributed by atoms with Gasteiger partial charge in [0, 0.05) is 6.54 Å². The van der Waals surface area contributed by atoms with E-state index in [0.717, 1.165) is 32.2 Å². The molecule has 1 saturated heterocycles. The van der Waals surface area contributed by atoms with Crippen molar-refractivity contribution < 1.29 is 9.26 Å². The van der Waals surface area contributed by atoms with Crippen molar-refractivity contribution in [3.8, 4) is 0 Å². The van der Waals surface area contributed by atoms with E-state index in [4.69, 9.17) is 9.26 Å². The van der Waals surface area contributed by atoms with Crippen LogP contribution in [-0.2, 0) is 15.8 Å². The average Bonchev–Trinajstić information content (AvgIpc) is 3.12. The second-order valence-electron chi connectivity index (χ2n) is 10.8. The van der Waals surface area contributed by atoms with Crippen LogP contribution in [0.5, 0.6) is 0 Å². The number of rotatable bonds is 6. The van der Waals surface area contributed by atoms with Gasteiger partial charge in [-0.25, -0.2) is 0 Å². The van der Waals surface area contributed by atoms with E-state index in [9.17, 15) is 0 Å². The molecule has 0 unspecified atom stereocenters. The number of hydroxylamine groups is 2. The minimum absolute atomic E-state index is 0.0227. The van der Waals surface area contributed by atoms with Gasteiger partial charge in [-0.15, -0.1) is 0 Å². The molecule has 3 atom stereocenters. The van der Waals surface area contributed by atoms with Crippen LogP contribution in [0.1, 0.15) is 52.0 Å². The third-order valence-corrected chi connectivity index (χ3v) is 12.6. The molecule has 0 spiro atoms. The average molecular weight is 472 g/mol. The molecular formula is C30H37NO2Si. The maximum atomic E-state index is 7.61. The predicted octanol–water partition coefficient (Wildman–Crippen LogP) is 5.69. The highest BCUT2D eigenvalue weighted by molar-refractivity contribution is 6.99. The molecule has 1 aliphatic heterocycles. The first kappa shape index (κ1) is 23.5. The SMILES string of the molecule is CC(C)(C)[Si](O[C@H]1CCC[C@H]2C[C@@H]1N(Cc1ccccc1)O2)(c1ccccc1)c1ccccc1. The predicted molar refractivity (Wildman–Crippen MR) is 142 cm³/mol. The van der Waals surface area contributed by atoms with Crippen LogP contribution in [0.3, 0.4) is 0 Å². The molecule has 5 rings (SSSR count). The quantitative estimate of drug-likeness (QED) is 0.431. The Morgan fingerprint density at radius 2 is 1.38 bits per heavy atom. The van der Waals surface area contributed by atoms with Crippen molar-refractivity contribution in [2.45, 2.75) is 76.3 Å². The van der Waals surface area contributed by atoms with Crippen molar-refractivity contribution in [2.75, 3.05) is 0 Å². The number of nitrogens with zero attached hydrogens (tertiary/aromatic N) is 1. The van der Waals surface area contributed by atoms with Gasteiger partial charge in [-0.05, 0) is 46.7 Å². The molecule has 0 N–H and O–H groups in total. The van der Waals surface area contributed by atoms with Crippen molar-refractivity contribution in [1.29, 1.82) is 0 Å². The lowest BCUT2D eigenvalue weighted by atomic mass is 10.1. The van der Waals surface area contributed by atoms with Gasteiger partial charge in [0.25, 0.3) is 8.32 Å². The highest BCUT2D eigenvalue weighted by Crippen LogP contribution is 2.41. The van der Waals surface area contributed by atoms with Crippen LogP contribution in [0.2, 0.25) is 5.04 Å². The van der Waals surface area contributed by atoms with E-state index < -0.39 is 8.32 Å². The fourth-order valence-electron chi connectivity index (χ4n) is 5.92. The molecule has 34 heavy (non-hydrogen) atoms. The van der Waals surface area contributed by atoms with Crippen molar-refractivity contribution in [3.05, 3.63) is 96.6 Å². The first-order valence-electron chi connectivity index (χ1n) is 12.7. The zero-order valence-corrected chi connectivity index (χ0v) is 21.7. The first-order valence-corrected chi connectivity index (χ1v) is 14.6. The maximum Gasteiger partial charge on any atom is 0.261 e. The van der Waals surface area contributed by atoms with E-state index in [1.54, 1.807) is 0 Å². The molecule has 0 radical (unpaired) electrons. The Hall–Kier alpha value is -2.24. The standard InChI is InChI=1S/C30H37NO2Si/c1-30(2,3)34(26-17-9-5-10-18-26,27-19-11-6-12-20-27)33-29-21-13-16-25-22-28(29)31(32-25)23-24-14-7-4-8-15-24/h4-12,14-15,17-20,25,28-29H,13,16,21-23H2,1-3H3/t25-,28-,29-/m0/s1. The monoisotopic (exact) mass is 471 g/mol. The van der Waals surface area contributed by atoms with Gasteiger partial charge in [0.2, 0.25) is 0 Å². The molecule has 1 aliphatic carbocycles. The summed E-state index contributed by atoms with van der Waals surface area (Å²) in [6.45, 7) is 7.91. The molecule has 1 heterocycles. The molecule has 2 aliphatic rings. The molecule has 2 fully saturated rings. The summed E-state index contributed by atoms with van der Waals surface area (Å²) < 4.78 is 7.61. The second kappa shape index (κ2) is 9.78. The van der Waals surface area contributed by atoms with Gasteiger partial charge >= 0.3 is 0 Å². The van der Waals surface area contributed by atoms with Gasteiger partial charge in [0.15, 0.2) is 0 Å². The van der Waals surface area contributed by atoms with Crippen LogP contribution in [-0.4, -0.2) is 31.6 Å². The summed E-state index contributed by atoms with van der Waals surface area (Å²) in [4.78, 5) is 6.48. The number of fused-ring (bicyclic) bond motifs is 2. The van der Waals surface area contributed by atoms with Gasteiger partial charge in [-0.2, -0.15) is 5.06 Å². The highest BCUT2D eigenvalue weighted by atomic mass is 28.4. The Balaban J connectivity index is 1.55. The van der Waals surface area contributed by atoms with Gasteiger partial charge in [0.05, 0.1) is 18.2 Å². The van der Waals surface area contributed by atoms with E-state index in [0.29, 0.717) is 6.10 Å². The van der Waals surface area contributed by atoms with Crippen LogP contribution in [0, 0.1) is 0 Å². The van der Waals surface area contributed by atoms with E-state index >= 15 is 0 Å². The van der Waals surface area contributed by atoms with Crippen LogP contribution in [0.4, 0.5) is 0 Å². The summed E-state index contributed by atoms with van der Waals surface area (Å²) in [5.41, 5.74) is 1.29. The Bertz CT molecular complexity index is 1010. The summed E-state index contributed by atoms with van der Waals surface area (Å²) in [7, 11) is -2.60. The van der Waals surface area contributed by atoms with Crippen molar-refractivity contribution in [3.63, 3.8) is 0 Å². The maximum absolute atomic E-state index is 7.61. The Labute approximate surface area is 205 Å². The lowest BCUT2D eigenvalue weighted by molar-refractivity contribution is -0.189. The molecule has 2 bridgehead atoms. The zero-order chi connectivity index (χ0) is 23.6. The molecule has 3 aromatic carbocycles. The topological polar surface area (TPSA) is 21.7 Å². The third-order valence-electron chi connectivity index (χ3n) is 7.53. The van der Waals surface area contributed by atoms with E-state index in [2.05, 4.69) is 117 Å². The third kappa shape index (κ3) is 4.52. The Kier molecular flexibility index (Phi) is 6.76. The molecule has 1 saturated carbocycles. The van der Waals surface area contributed by atoms with Crippen molar-refractivity contribution >= 4 is 18.7 Å². The zero-order valence-electron chi connectivity index (χ0n) is 20.7. The van der Waals surface area contributed by atoms with Crippen molar-refractivity contribution in [1.82, 2.24) is 5.06 Å². The summed E-state index contributed by atoms with van der Waals surface area (Å²) in [5, 5.41) is 4.92. The molecule has 0 aromatic heterocycles. The summed E-state index contributed by atoms with van der Waals surface area (Å²) in [6.07, 6.45) is 4.85. The second-order valence-corrected chi connectivity index (χ2v) is 15.1. The van der Waals surface area contributed by atoms with Crippen LogP contribution < -0.4 is 10.4 Å². The van der Waals surface area contributed by atoms with Gasteiger partial charge in [-0.3, -0.25) is 4.84 Å². The number of benzene rings is 3. The Morgan fingerprint density at radius 1 is 0.824 bits per heavy atom. The van der Waals surface area contributed by atoms with Gasteiger partial charge in [0.1, 0.15) is 0 Å². The fraction of sp³-hybridized carbons (Fsp3) is 0.400. The minimum atomic E-state index is -2.60. The highest BCUT2D eigenvalue weighted by Gasteiger charge is 2.53. The normalized spacial score (nSPS) is 23.6. The lowest BCUT2D eigenvalue weighted by Crippen LogP contribution is -2.68. The van der Waals surface area contributed by atoms with E-state index in [1.165, 1.54) is 15.9 Å². The molecule has 178 valence electrons.